The van der Waals surface area contributed by atoms with Crippen LogP contribution in [0, 0.1) is 0 Å². The maximum absolute atomic E-state index is 12.3. The Morgan fingerprint density at radius 2 is 1.86 bits per heavy atom. The number of carboxylic acid groups (broad SMARTS) is 1. The molecule has 1 amide bonds. The monoisotopic (exact) mass is 301 g/mol. The SMILES string of the molecule is CCN(CC(=O)O)C(=O)C(C)Oc1cccc2ccccc12. The molecular formula is C17H19NO4. The minimum absolute atomic E-state index is 0.321. The van der Waals surface area contributed by atoms with Crippen molar-refractivity contribution in [1.82, 2.24) is 4.90 Å². The zero-order valence-electron chi connectivity index (χ0n) is 12.7. The van der Waals surface area contributed by atoms with Crippen LogP contribution >= 0.6 is 0 Å². The van der Waals surface area contributed by atoms with E-state index in [1.165, 1.54) is 4.90 Å². The number of rotatable bonds is 6. The van der Waals surface area contributed by atoms with Crippen LogP contribution in [0.25, 0.3) is 10.8 Å². The van der Waals surface area contributed by atoms with Gasteiger partial charge in [0.2, 0.25) is 0 Å². The molecule has 2 aromatic carbocycles. The summed E-state index contributed by atoms with van der Waals surface area (Å²) in [6.45, 7) is 3.38. The lowest BCUT2D eigenvalue weighted by Gasteiger charge is -2.23. The summed E-state index contributed by atoms with van der Waals surface area (Å²) in [6.07, 6.45) is -0.745. The number of benzene rings is 2. The molecule has 116 valence electrons. The Morgan fingerprint density at radius 1 is 1.18 bits per heavy atom. The number of amides is 1. The van der Waals surface area contributed by atoms with Gasteiger partial charge < -0.3 is 14.7 Å². The molecular weight excluding hydrogens is 282 g/mol. The first kappa shape index (κ1) is 15.8. The Hall–Kier alpha value is -2.56. The van der Waals surface area contributed by atoms with Gasteiger partial charge in [-0.2, -0.15) is 0 Å². The molecule has 1 N–H and O–H groups in total. The Morgan fingerprint density at radius 3 is 2.55 bits per heavy atom. The fourth-order valence-electron chi connectivity index (χ4n) is 2.31. The summed E-state index contributed by atoms with van der Waals surface area (Å²) in [5, 5.41) is 10.8. The van der Waals surface area contributed by atoms with Crippen molar-refractivity contribution in [1.29, 1.82) is 0 Å². The molecule has 0 saturated heterocycles. The average Bonchev–Trinajstić information content (AvgIpc) is 2.52. The van der Waals surface area contributed by atoms with Crippen molar-refractivity contribution in [2.75, 3.05) is 13.1 Å². The van der Waals surface area contributed by atoms with Crippen molar-refractivity contribution in [3.63, 3.8) is 0 Å². The number of carbonyl (C=O) groups excluding carboxylic acids is 1. The van der Waals surface area contributed by atoms with E-state index >= 15 is 0 Å². The molecule has 0 aliphatic carbocycles. The van der Waals surface area contributed by atoms with Crippen LogP contribution in [0.4, 0.5) is 0 Å². The van der Waals surface area contributed by atoms with Crippen LogP contribution in [0.1, 0.15) is 13.8 Å². The first-order chi connectivity index (χ1) is 10.5. The van der Waals surface area contributed by atoms with E-state index in [2.05, 4.69) is 0 Å². The fourth-order valence-corrected chi connectivity index (χ4v) is 2.31. The number of fused-ring (bicyclic) bond motifs is 1. The molecule has 0 bridgehead atoms. The lowest BCUT2D eigenvalue weighted by Crippen LogP contribution is -2.43. The van der Waals surface area contributed by atoms with Gasteiger partial charge in [-0.05, 0) is 25.3 Å². The van der Waals surface area contributed by atoms with Crippen LogP contribution in [0.3, 0.4) is 0 Å². The van der Waals surface area contributed by atoms with E-state index in [0.717, 1.165) is 10.8 Å². The molecule has 0 radical (unpaired) electrons. The molecule has 1 atom stereocenters. The van der Waals surface area contributed by atoms with Crippen molar-refractivity contribution in [3.05, 3.63) is 42.5 Å². The zero-order chi connectivity index (χ0) is 16.1. The molecule has 22 heavy (non-hydrogen) atoms. The van der Waals surface area contributed by atoms with E-state index in [9.17, 15) is 9.59 Å². The summed E-state index contributed by atoms with van der Waals surface area (Å²) in [5.41, 5.74) is 0. The summed E-state index contributed by atoms with van der Waals surface area (Å²) < 4.78 is 5.77. The number of carbonyl (C=O) groups is 2. The molecule has 5 nitrogen and oxygen atoms in total. The number of hydrogen-bond acceptors (Lipinski definition) is 3. The van der Waals surface area contributed by atoms with Crippen molar-refractivity contribution in [2.45, 2.75) is 20.0 Å². The molecule has 2 rings (SSSR count). The first-order valence-corrected chi connectivity index (χ1v) is 7.18. The van der Waals surface area contributed by atoms with Crippen LogP contribution in [0.15, 0.2) is 42.5 Å². The topological polar surface area (TPSA) is 66.8 Å². The quantitative estimate of drug-likeness (QED) is 0.890. The normalized spacial score (nSPS) is 11.9. The van der Waals surface area contributed by atoms with E-state index < -0.39 is 12.1 Å². The summed E-state index contributed by atoms with van der Waals surface area (Å²) in [7, 11) is 0. The van der Waals surface area contributed by atoms with Crippen LogP contribution in [0.5, 0.6) is 5.75 Å². The van der Waals surface area contributed by atoms with Gasteiger partial charge in [0.05, 0.1) is 0 Å². The second kappa shape index (κ2) is 6.93. The number of ether oxygens (including phenoxy) is 1. The summed E-state index contributed by atoms with van der Waals surface area (Å²) in [4.78, 5) is 24.3. The van der Waals surface area contributed by atoms with Crippen LogP contribution < -0.4 is 4.74 Å². The standard InChI is InChI=1S/C17H19NO4/c1-3-18(11-16(19)20)17(21)12(2)22-15-10-6-8-13-7-4-5-9-14(13)15/h4-10,12H,3,11H2,1-2H3,(H,19,20). The molecule has 0 spiro atoms. The maximum atomic E-state index is 12.3. The second-order valence-corrected chi connectivity index (χ2v) is 4.98. The van der Waals surface area contributed by atoms with Crippen molar-refractivity contribution in [2.24, 2.45) is 0 Å². The molecule has 0 heterocycles. The third-order valence-corrected chi connectivity index (χ3v) is 3.42. The lowest BCUT2D eigenvalue weighted by atomic mass is 10.1. The van der Waals surface area contributed by atoms with Gasteiger partial charge in [-0.3, -0.25) is 9.59 Å². The fraction of sp³-hybridized carbons (Fsp3) is 0.294. The number of carboxylic acids is 1. The van der Waals surface area contributed by atoms with Crippen LogP contribution in [-0.2, 0) is 9.59 Å². The maximum Gasteiger partial charge on any atom is 0.323 e. The van der Waals surface area contributed by atoms with Crippen molar-refractivity contribution >= 4 is 22.6 Å². The molecule has 0 fully saturated rings. The highest BCUT2D eigenvalue weighted by atomic mass is 16.5. The molecule has 0 aromatic heterocycles. The Kier molecular flexibility index (Phi) is 4.99. The van der Waals surface area contributed by atoms with Gasteiger partial charge in [0.15, 0.2) is 6.10 Å². The summed E-state index contributed by atoms with van der Waals surface area (Å²) in [6, 6.07) is 13.4. The zero-order valence-corrected chi connectivity index (χ0v) is 12.7. The molecule has 2 aromatic rings. The Balaban J connectivity index is 2.18. The van der Waals surface area contributed by atoms with Gasteiger partial charge >= 0.3 is 5.97 Å². The highest BCUT2D eigenvalue weighted by Gasteiger charge is 2.23. The minimum Gasteiger partial charge on any atom is -0.480 e. The highest BCUT2D eigenvalue weighted by Crippen LogP contribution is 2.26. The van der Waals surface area contributed by atoms with Gasteiger partial charge in [-0.25, -0.2) is 0 Å². The number of nitrogens with zero attached hydrogens (tertiary/aromatic N) is 1. The Labute approximate surface area is 129 Å². The van der Waals surface area contributed by atoms with Gasteiger partial charge in [0, 0.05) is 11.9 Å². The molecule has 1 unspecified atom stereocenters. The first-order valence-electron chi connectivity index (χ1n) is 7.18. The predicted octanol–water partition coefficient (Wildman–Crippen LogP) is 2.54. The smallest absolute Gasteiger partial charge is 0.323 e. The van der Waals surface area contributed by atoms with Gasteiger partial charge in [-0.15, -0.1) is 0 Å². The summed E-state index contributed by atoms with van der Waals surface area (Å²) >= 11 is 0. The second-order valence-electron chi connectivity index (χ2n) is 4.98. The number of likely N-dealkylation sites (N-methyl/N-ethyl adjacent to an activating group) is 1. The van der Waals surface area contributed by atoms with Crippen LogP contribution in [-0.4, -0.2) is 41.1 Å². The molecule has 0 aliphatic rings. The van der Waals surface area contributed by atoms with E-state index in [0.29, 0.717) is 12.3 Å². The molecule has 0 saturated carbocycles. The lowest BCUT2D eigenvalue weighted by molar-refractivity contribution is -0.147. The van der Waals surface area contributed by atoms with E-state index in [1.54, 1.807) is 19.9 Å². The molecule has 0 aliphatic heterocycles. The molecule has 5 heteroatoms. The van der Waals surface area contributed by atoms with Crippen LogP contribution in [0.2, 0.25) is 0 Å². The van der Waals surface area contributed by atoms with Crippen molar-refractivity contribution in [3.8, 4) is 5.75 Å². The van der Waals surface area contributed by atoms with E-state index in [-0.39, 0.29) is 12.5 Å². The van der Waals surface area contributed by atoms with Gasteiger partial charge in [0.1, 0.15) is 12.3 Å². The third kappa shape index (κ3) is 3.55. The summed E-state index contributed by atoms with van der Waals surface area (Å²) in [5.74, 6) is -0.754. The minimum atomic E-state index is -1.03. The largest absolute Gasteiger partial charge is 0.480 e. The van der Waals surface area contributed by atoms with Gasteiger partial charge in [-0.1, -0.05) is 36.4 Å². The van der Waals surface area contributed by atoms with Crippen molar-refractivity contribution < 1.29 is 19.4 Å². The average molecular weight is 301 g/mol. The van der Waals surface area contributed by atoms with E-state index in [4.69, 9.17) is 9.84 Å². The van der Waals surface area contributed by atoms with E-state index in [1.807, 2.05) is 36.4 Å². The highest BCUT2D eigenvalue weighted by molar-refractivity contribution is 5.89. The predicted molar refractivity (Wildman–Crippen MR) is 83.9 cm³/mol. The Bertz CT molecular complexity index is 678. The van der Waals surface area contributed by atoms with Gasteiger partial charge in [0.25, 0.3) is 5.91 Å². The third-order valence-electron chi connectivity index (χ3n) is 3.42. The number of hydrogen-bond donors (Lipinski definition) is 1. The number of aliphatic carboxylic acids is 1.